The number of hydrogen-bond donors (Lipinski definition) is 1. The maximum absolute atomic E-state index is 12.1. The third-order valence-corrected chi connectivity index (χ3v) is 3.75. The molecular formula is C15H24N2O5. The first-order valence-electron chi connectivity index (χ1n) is 7.38. The largest absolute Gasteiger partial charge is 0.445 e. The first kappa shape index (κ1) is 16.6. The number of likely N-dealkylation sites (tertiary alicyclic amines) is 2. The molecule has 2 rings (SSSR count). The van der Waals surface area contributed by atoms with Gasteiger partial charge in [0.15, 0.2) is 0 Å². The topological polar surface area (TPSA) is 79.3 Å². The van der Waals surface area contributed by atoms with Gasteiger partial charge in [0.05, 0.1) is 18.2 Å². The zero-order chi connectivity index (χ0) is 16.5. The second kappa shape index (κ2) is 5.79. The lowest BCUT2D eigenvalue weighted by Crippen LogP contribution is -2.70. The van der Waals surface area contributed by atoms with Crippen LogP contribution in [-0.4, -0.2) is 70.6 Å². The molecule has 1 N–H and O–H groups in total. The number of rotatable bonds is 2. The van der Waals surface area contributed by atoms with Crippen LogP contribution in [0.5, 0.6) is 0 Å². The third-order valence-electron chi connectivity index (χ3n) is 3.75. The Hall–Kier alpha value is -1.76. The van der Waals surface area contributed by atoms with E-state index in [0.717, 1.165) is 0 Å². The van der Waals surface area contributed by atoms with Crippen molar-refractivity contribution in [3.05, 3.63) is 12.7 Å². The molecule has 7 heteroatoms. The summed E-state index contributed by atoms with van der Waals surface area (Å²) in [4.78, 5) is 27.1. The van der Waals surface area contributed by atoms with Crippen LogP contribution in [0.15, 0.2) is 12.7 Å². The summed E-state index contributed by atoms with van der Waals surface area (Å²) in [5, 5.41) is 9.88. The molecule has 1 atom stereocenters. The van der Waals surface area contributed by atoms with Gasteiger partial charge in [-0.05, 0) is 20.8 Å². The molecule has 0 radical (unpaired) electrons. The van der Waals surface area contributed by atoms with Crippen molar-refractivity contribution < 1.29 is 24.2 Å². The molecule has 1 unspecified atom stereocenters. The molecule has 22 heavy (non-hydrogen) atoms. The van der Waals surface area contributed by atoms with Gasteiger partial charge in [-0.3, -0.25) is 4.90 Å². The number of carbonyl (C=O) groups is 2. The fourth-order valence-corrected chi connectivity index (χ4v) is 2.91. The number of aliphatic hydroxyl groups is 1. The van der Waals surface area contributed by atoms with Crippen molar-refractivity contribution in [1.29, 1.82) is 0 Å². The van der Waals surface area contributed by atoms with Gasteiger partial charge in [0, 0.05) is 19.5 Å². The molecule has 1 spiro atoms. The van der Waals surface area contributed by atoms with Crippen molar-refractivity contribution >= 4 is 12.2 Å². The van der Waals surface area contributed by atoms with Crippen LogP contribution in [-0.2, 0) is 9.47 Å². The average molecular weight is 312 g/mol. The molecule has 0 bridgehead atoms. The number of β-amino-alcohol motifs (C(OH)–C–C–N with tert-alkyl or cyclic N) is 1. The quantitative estimate of drug-likeness (QED) is 0.779. The maximum Gasteiger partial charge on any atom is 0.410 e. The molecule has 2 saturated heterocycles. The molecule has 0 aromatic rings. The maximum atomic E-state index is 12.1. The van der Waals surface area contributed by atoms with Gasteiger partial charge in [-0.25, -0.2) is 9.59 Å². The van der Waals surface area contributed by atoms with Gasteiger partial charge in [0.25, 0.3) is 0 Å². The summed E-state index contributed by atoms with van der Waals surface area (Å²) in [5.41, 5.74) is -1.10. The molecule has 124 valence electrons. The minimum Gasteiger partial charge on any atom is -0.445 e. The van der Waals surface area contributed by atoms with E-state index in [1.807, 2.05) is 0 Å². The molecule has 0 aromatic carbocycles. The van der Waals surface area contributed by atoms with Crippen molar-refractivity contribution in [3.8, 4) is 0 Å². The molecule has 2 aliphatic rings. The molecule has 2 amide bonds. The number of amides is 2. The average Bonchev–Trinajstić information content (AvgIpc) is 2.69. The molecule has 0 aliphatic carbocycles. The van der Waals surface area contributed by atoms with E-state index in [1.165, 1.54) is 15.9 Å². The fraction of sp³-hybridized carbons (Fsp3) is 0.733. The Kier molecular flexibility index (Phi) is 4.37. The van der Waals surface area contributed by atoms with E-state index >= 15 is 0 Å². The van der Waals surface area contributed by atoms with Crippen molar-refractivity contribution in [3.63, 3.8) is 0 Å². The molecule has 2 aliphatic heterocycles. The van der Waals surface area contributed by atoms with Crippen LogP contribution in [0.4, 0.5) is 9.59 Å². The van der Waals surface area contributed by atoms with Crippen molar-refractivity contribution in [2.24, 2.45) is 0 Å². The SMILES string of the molecule is C=CCOC(=O)N1CC(O)CC12CN(C(=O)OC(C)(C)C)C2. The van der Waals surface area contributed by atoms with Gasteiger partial charge >= 0.3 is 12.2 Å². The zero-order valence-electron chi connectivity index (χ0n) is 13.4. The first-order chi connectivity index (χ1) is 10.2. The lowest BCUT2D eigenvalue weighted by molar-refractivity contribution is -0.0453. The first-order valence-corrected chi connectivity index (χ1v) is 7.38. The smallest absolute Gasteiger partial charge is 0.410 e. The zero-order valence-corrected chi connectivity index (χ0v) is 13.4. The highest BCUT2D eigenvalue weighted by Gasteiger charge is 2.57. The van der Waals surface area contributed by atoms with Gasteiger partial charge in [-0.2, -0.15) is 0 Å². The number of nitrogens with zero attached hydrogens (tertiary/aromatic N) is 2. The van der Waals surface area contributed by atoms with Crippen LogP contribution >= 0.6 is 0 Å². The van der Waals surface area contributed by atoms with E-state index in [9.17, 15) is 14.7 Å². The second-order valence-corrected chi connectivity index (χ2v) is 6.89. The molecule has 0 saturated carbocycles. The van der Waals surface area contributed by atoms with Crippen LogP contribution < -0.4 is 0 Å². The van der Waals surface area contributed by atoms with E-state index in [2.05, 4.69) is 6.58 Å². The van der Waals surface area contributed by atoms with Crippen LogP contribution in [0.2, 0.25) is 0 Å². The molecule has 2 heterocycles. The minimum absolute atomic E-state index is 0.122. The highest BCUT2D eigenvalue weighted by molar-refractivity contribution is 5.73. The Morgan fingerprint density at radius 1 is 1.36 bits per heavy atom. The van der Waals surface area contributed by atoms with Crippen molar-refractivity contribution in [2.45, 2.75) is 44.4 Å². The summed E-state index contributed by atoms with van der Waals surface area (Å²) >= 11 is 0. The normalized spacial score (nSPS) is 23.2. The number of carbonyl (C=O) groups excluding carboxylic acids is 2. The monoisotopic (exact) mass is 312 g/mol. The minimum atomic E-state index is -0.600. The molecule has 7 nitrogen and oxygen atoms in total. The summed E-state index contributed by atoms with van der Waals surface area (Å²) in [6.45, 7) is 9.95. The van der Waals surface area contributed by atoms with Crippen molar-refractivity contribution in [2.75, 3.05) is 26.2 Å². The summed E-state index contributed by atoms with van der Waals surface area (Å²) in [7, 11) is 0. The Morgan fingerprint density at radius 3 is 2.55 bits per heavy atom. The Bertz CT molecular complexity index is 465. The summed E-state index contributed by atoms with van der Waals surface area (Å²) in [6.07, 6.45) is 0.441. The predicted octanol–water partition coefficient (Wildman–Crippen LogP) is 1.37. The van der Waals surface area contributed by atoms with Crippen LogP contribution in [0.3, 0.4) is 0 Å². The Morgan fingerprint density at radius 2 is 2.00 bits per heavy atom. The van der Waals surface area contributed by atoms with E-state index in [4.69, 9.17) is 9.47 Å². The predicted molar refractivity (Wildman–Crippen MR) is 79.4 cm³/mol. The van der Waals surface area contributed by atoms with E-state index in [-0.39, 0.29) is 13.2 Å². The van der Waals surface area contributed by atoms with Crippen LogP contribution in [0.1, 0.15) is 27.2 Å². The molecule has 0 aromatic heterocycles. The van der Waals surface area contributed by atoms with E-state index in [0.29, 0.717) is 19.5 Å². The van der Waals surface area contributed by atoms with E-state index < -0.39 is 29.4 Å². The molecule has 2 fully saturated rings. The summed E-state index contributed by atoms with van der Waals surface area (Å²) in [6, 6.07) is 0. The fourth-order valence-electron chi connectivity index (χ4n) is 2.91. The summed E-state index contributed by atoms with van der Waals surface area (Å²) < 4.78 is 10.4. The summed E-state index contributed by atoms with van der Waals surface area (Å²) in [5.74, 6) is 0. The third kappa shape index (κ3) is 3.35. The Labute approximate surface area is 130 Å². The number of ether oxygens (including phenoxy) is 2. The number of aliphatic hydroxyl groups excluding tert-OH is 1. The highest BCUT2D eigenvalue weighted by Crippen LogP contribution is 2.38. The second-order valence-electron chi connectivity index (χ2n) is 6.89. The lowest BCUT2D eigenvalue weighted by Gasteiger charge is -2.51. The molecular weight excluding hydrogens is 288 g/mol. The number of hydrogen-bond acceptors (Lipinski definition) is 5. The highest BCUT2D eigenvalue weighted by atomic mass is 16.6. The van der Waals surface area contributed by atoms with Gasteiger partial charge in [-0.15, -0.1) is 0 Å². The van der Waals surface area contributed by atoms with Gasteiger partial charge in [0.2, 0.25) is 0 Å². The Balaban J connectivity index is 1.98. The van der Waals surface area contributed by atoms with E-state index in [1.54, 1.807) is 20.8 Å². The van der Waals surface area contributed by atoms with Gasteiger partial charge < -0.3 is 19.5 Å². The van der Waals surface area contributed by atoms with Crippen LogP contribution in [0, 0.1) is 0 Å². The standard InChI is InChI=1S/C15H24N2O5/c1-5-6-21-13(20)17-8-11(18)7-15(17)9-16(10-15)12(19)22-14(2,3)4/h5,11,18H,1,6-10H2,2-4H3. The van der Waals surface area contributed by atoms with Gasteiger partial charge in [0.1, 0.15) is 12.2 Å². The van der Waals surface area contributed by atoms with Crippen molar-refractivity contribution in [1.82, 2.24) is 9.80 Å². The van der Waals surface area contributed by atoms with Crippen LogP contribution in [0.25, 0.3) is 0 Å². The van der Waals surface area contributed by atoms with Gasteiger partial charge in [-0.1, -0.05) is 12.7 Å². The lowest BCUT2D eigenvalue weighted by atomic mass is 9.87.